The van der Waals surface area contributed by atoms with Crippen LogP contribution in [0, 0.1) is 6.07 Å². The second-order valence-electron chi connectivity index (χ2n) is 3.50. The summed E-state index contributed by atoms with van der Waals surface area (Å²) in [6.07, 6.45) is 8.65. The van der Waals surface area contributed by atoms with E-state index in [0.29, 0.717) is 5.92 Å². The van der Waals surface area contributed by atoms with Crippen LogP contribution in [-0.2, 0) is 0 Å². The summed E-state index contributed by atoms with van der Waals surface area (Å²) in [6, 6.07) is 7.13. The topological polar surface area (TPSA) is 12.9 Å². The fourth-order valence-electron chi connectivity index (χ4n) is 1.94. The summed E-state index contributed by atoms with van der Waals surface area (Å²) in [5.41, 5.74) is 1.18. The van der Waals surface area contributed by atoms with Crippen LogP contribution in [0.1, 0.15) is 43.7 Å². The smallest absolute Gasteiger partial charge is 0.0513 e. The molecule has 0 spiro atoms. The van der Waals surface area contributed by atoms with E-state index in [2.05, 4.69) is 11.1 Å². The third kappa shape index (κ3) is 1.66. The predicted molar refractivity (Wildman–Crippen MR) is 48.9 cm³/mol. The Balaban J connectivity index is 2.08. The fraction of sp³-hybridized carbons (Fsp3) is 0.545. The van der Waals surface area contributed by atoms with Gasteiger partial charge in [0.1, 0.15) is 0 Å². The molecule has 0 N–H and O–H groups in total. The Morgan fingerprint density at radius 3 is 2.75 bits per heavy atom. The van der Waals surface area contributed by atoms with Gasteiger partial charge in [-0.1, -0.05) is 25.3 Å². The fourth-order valence-corrected chi connectivity index (χ4v) is 1.94. The van der Waals surface area contributed by atoms with Gasteiger partial charge >= 0.3 is 0 Å². The first kappa shape index (κ1) is 7.78. The normalized spacial score (nSPS) is 19.3. The maximum Gasteiger partial charge on any atom is 0.0513 e. The summed E-state index contributed by atoms with van der Waals surface area (Å²) >= 11 is 0. The standard InChI is InChI=1S/C11H14N/c1-2-6-10(7-3-1)11-8-4-5-9-12-11/h4-5,9-10H,1-3,6-7H2. The van der Waals surface area contributed by atoms with Crippen molar-refractivity contribution < 1.29 is 0 Å². The summed E-state index contributed by atoms with van der Waals surface area (Å²) in [6.45, 7) is 0. The Labute approximate surface area is 73.8 Å². The van der Waals surface area contributed by atoms with Gasteiger partial charge in [-0.2, -0.15) is 0 Å². The van der Waals surface area contributed by atoms with Crippen LogP contribution in [0.3, 0.4) is 0 Å². The Morgan fingerprint density at radius 2 is 2.08 bits per heavy atom. The van der Waals surface area contributed by atoms with Crippen LogP contribution in [0.25, 0.3) is 0 Å². The Hall–Kier alpha value is -0.850. The van der Waals surface area contributed by atoms with Crippen LogP contribution in [0.2, 0.25) is 0 Å². The van der Waals surface area contributed by atoms with Gasteiger partial charge in [0.15, 0.2) is 0 Å². The minimum absolute atomic E-state index is 0.694. The SMILES string of the molecule is [c]1cccnc1C1CCCCC1. The number of hydrogen-bond donors (Lipinski definition) is 0. The van der Waals surface area contributed by atoms with Crippen molar-refractivity contribution in [3.8, 4) is 0 Å². The van der Waals surface area contributed by atoms with Crippen molar-refractivity contribution in [3.05, 3.63) is 30.1 Å². The van der Waals surface area contributed by atoms with E-state index in [1.807, 2.05) is 18.3 Å². The minimum atomic E-state index is 0.694. The van der Waals surface area contributed by atoms with Crippen molar-refractivity contribution in [2.24, 2.45) is 0 Å². The summed E-state index contributed by atoms with van der Waals surface area (Å²) in [4.78, 5) is 4.35. The molecule has 1 heterocycles. The Kier molecular flexibility index (Phi) is 2.40. The predicted octanol–water partition coefficient (Wildman–Crippen LogP) is 2.93. The van der Waals surface area contributed by atoms with Crippen molar-refractivity contribution in [2.75, 3.05) is 0 Å². The maximum absolute atomic E-state index is 4.35. The van der Waals surface area contributed by atoms with E-state index in [9.17, 15) is 0 Å². The third-order valence-corrected chi connectivity index (χ3v) is 2.62. The monoisotopic (exact) mass is 160 g/mol. The van der Waals surface area contributed by atoms with Crippen LogP contribution < -0.4 is 0 Å². The lowest BCUT2D eigenvalue weighted by Crippen LogP contribution is -2.05. The van der Waals surface area contributed by atoms with Crippen LogP contribution in [-0.4, -0.2) is 4.98 Å². The molecule has 1 radical (unpaired) electrons. The largest absolute Gasteiger partial charge is 0.260 e. The zero-order valence-corrected chi connectivity index (χ0v) is 7.29. The molecule has 0 unspecified atom stereocenters. The van der Waals surface area contributed by atoms with Gasteiger partial charge in [-0.05, 0) is 18.9 Å². The highest BCUT2D eigenvalue weighted by Gasteiger charge is 2.15. The van der Waals surface area contributed by atoms with Crippen molar-refractivity contribution >= 4 is 0 Å². The van der Waals surface area contributed by atoms with Crippen molar-refractivity contribution in [2.45, 2.75) is 38.0 Å². The highest BCUT2D eigenvalue weighted by molar-refractivity contribution is 5.07. The average Bonchev–Trinajstić information content (AvgIpc) is 2.21. The van der Waals surface area contributed by atoms with Gasteiger partial charge in [-0.3, -0.25) is 4.98 Å². The number of rotatable bonds is 1. The Morgan fingerprint density at radius 1 is 1.25 bits per heavy atom. The summed E-state index contributed by atoms with van der Waals surface area (Å²) in [5.74, 6) is 0.694. The molecule has 1 aromatic heterocycles. The molecule has 1 aromatic rings. The van der Waals surface area contributed by atoms with Crippen LogP contribution in [0.15, 0.2) is 18.3 Å². The lowest BCUT2D eigenvalue weighted by atomic mass is 9.87. The zero-order valence-electron chi connectivity index (χ0n) is 7.29. The van der Waals surface area contributed by atoms with Gasteiger partial charge in [0.2, 0.25) is 0 Å². The van der Waals surface area contributed by atoms with Gasteiger partial charge in [-0.15, -0.1) is 0 Å². The van der Waals surface area contributed by atoms with Crippen molar-refractivity contribution in [1.29, 1.82) is 0 Å². The first-order chi connectivity index (χ1) is 5.97. The molecular formula is C11H14N. The summed E-state index contributed by atoms with van der Waals surface area (Å²) in [7, 11) is 0. The van der Waals surface area contributed by atoms with Crippen LogP contribution in [0.5, 0.6) is 0 Å². The van der Waals surface area contributed by atoms with E-state index in [-0.39, 0.29) is 0 Å². The number of nitrogens with zero attached hydrogens (tertiary/aromatic N) is 1. The molecule has 1 saturated carbocycles. The molecule has 1 aliphatic carbocycles. The van der Waals surface area contributed by atoms with E-state index in [0.717, 1.165) is 0 Å². The first-order valence-electron chi connectivity index (χ1n) is 4.79. The Bertz CT molecular complexity index is 224. The van der Waals surface area contributed by atoms with Crippen LogP contribution in [0.4, 0.5) is 0 Å². The number of hydrogen-bond acceptors (Lipinski definition) is 1. The lowest BCUT2D eigenvalue weighted by molar-refractivity contribution is 0.436. The average molecular weight is 160 g/mol. The van der Waals surface area contributed by atoms with Crippen molar-refractivity contribution in [1.82, 2.24) is 4.98 Å². The molecule has 0 amide bonds. The molecule has 0 aromatic carbocycles. The molecule has 0 aliphatic heterocycles. The quantitative estimate of drug-likeness (QED) is 0.615. The first-order valence-corrected chi connectivity index (χ1v) is 4.79. The van der Waals surface area contributed by atoms with E-state index in [1.54, 1.807) is 0 Å². The second-order valence-corrected chi connectivity index (χ2v) is 3.50. The second kappa shape index (κ2) is 3.70. The van der Waals surface area contributed by atoms with E-state index in [1.165, 1.54) is 37.8 Å². The highest BCUT2D eigenvalue weighted by atomic mass is 14.7. The zero-order chi connectivity index (χ0) is 8.23. The van der Waals surface area contributed by atoms with E-state index in [4.69, 9.17) is 0 Å². The van der Waals surface area contributed by atoms with E-state index < -0.39 is 0 Å². The molecule has 1 heteroatoms. The summed E-state index contributed by atoms with van der Waals surface area (Å²) < 4.78 is 0. The minimum Gasteiger partial charge on any atom is -0.260 e. The molecule has 1 nitrogen and oxygen atoms in total. The molecular weight excluding hydrogens is 146 g/mol. The number of pyridine rings is 1. The highest BCUT2D eigenvalue weighted by Crippen LogP contribution is 2.30. The molecule has 1 aliphatic rings. The summed E-state index contributed by atoms with van der Waals surface area (Å²) in [5, 5.41) is 0. The molecule has 0 saturated heterocycles. The van der Waals surface area contributed by atoms with Crippen LogP contribution >= 0.6 is 0 Å². The van der Waals surface area contributed by atoms with Gasteiger partial charge in [0, 0.05) is 18.2 Å². The molecule has 63 valence electrons. The molecule has 0 bridgehead atoms. The molecule has 1 fully saturated rings. The van der Waals surface area contributed by atoms with Crippen molar-refractivity contribution in [3.63, 3.8) is 0 Å². The van der Waals surface area contributed by atoms with Gasteiger partial charge < -0.3 is 0 Å². The van der Waals surface area contributed by atoms with Gasteiger partial charge in [-0.25, -0.2) is 0 Å². The maximum atomic E-state index is 4.35. The molecule has 2 rings (SSSR count). The lowest BCUT2D eigenvalue weighted by Gasteiger charge is -2.20. The number of aromatic nitrogens is 1. The van der Waals surface area contributed by atoms with E-state index >= 15 is 0 Å². The third-order valence-electron chi connectivity index (χ3n) is 2.62. The molecule has 12 heavy (non-hydrogen) atoms. The molecule has 0 atom stereocenters. The van der Waals surface area contributed by atoms with Gasteiger partial charge in [0.05, 0.1) is 5.69 Å². The van der Waals surface area contributed by atoms with Gasteiger partial charge in [0.25, 0.3) is 0 Å².